The first-order valence-electron chi connectivity index (χ1n) is 7.08. The SMILES string of the molecule is CN(C)C(=Cc1ccccc1)C(I)c1nc2ccccc2s1. The molecule has 0 amide bonds. The van der Waals surface area contributed by atoms with Crippen LogP contribution in [0.3, 0.4) is 0 Å². The van der Waals surface area contributed by atoms with Gasteiger partial charge in [-0.15, -0.1) is 11.3 Å². The Kier molecular flexibility index (Phi) is 4.78. The topological polar surface area (TPSA) is 16.1 Å². The molecule has 1 unspecified atom stereocenters. The van der Waals surface area contributed by atoms with Crippen LogP contribution in [0.1, 0.15) is 14.5 Å². The monoisotopic (exact) mass is 420 g/mol. The van der Waals surface area contributed by atoms with Gasteiger partial charge in [-0.05, 0) is 23.8 Å². The molecule has 0 bridgehead atoms. The Bertz CT molecular complexity index is 760. The summed E-state index contributed by atoms with van der Waals surface area (Å²) >= 11 is 4.26. The van der Waals surface area contributed by atoms with E-state index in [9.17, 15) is 0 Å². The van der Waals surface area contributed by atoms with Crippen molar-refractivity contribution in [2.75, 3.05) is 14.1 Å². The maximum Gasteiger partial charge on any atom is 0.113 e. The van der Waals surface area contributed by atoms with Gasteiger partial charge in [0.2, 0.25) is 0 Å². The van der Waals surface area contributed by atoms with Crippen molar-refractivity contribution < 1.29 is 0 Å². The van der Waals surface area contributed by atoms with Crippen molar-refractivity contribution in [3.05, 3.63) is 70.9 Å². The summed E-state index contributed by atoms with van der Waals surface area (Å²) in [6, 6.07) is 18.8. The Morgan fingerprint density at radius 2 is 1.77 bits per heavy atom. The van der Waals surface area contributed by atoms with Crippen LogP contribution >= 0.6 is 33.9 Å². The molecular weight excluding hydrogens is 403 g/mol. The fourth-order valence-corrected chi connectivity index (χ4v) is 4.49. The number of aromatic nitrogens is 1. The summed E-state index contributed by atoms with van der Waals surface area (Å²) in [6.45, 7) is 0. The lowest BCUT2D eigenvalue weighted by atomic mass is 10.1. The predicted molar refractivity (Wildman–Crippen MR) is 104 cm³/mol. The van der Waals surface area contributed by atoms with Crippen LogP contribution in [0.5, 0.6) is 0 Å². The highest BCUT2D eigenvalue weighted by Crippen LogP contribution is 2.37. The number of nitrogens with zero attached hydrogens (tertiary/aromatic N) is 2. The Morgan fingerprint density at radius 3 is 2.45 bits per heavy atom. The molecule has 1 atom stereocenters. The molecule has 0 aliphatic rings. The molecule has 0 aliphatic heterocycles. The number of rotatable bonds is 4. The number of thiazole rings is 1. The second kappa shape index (κ2) is 6.79. The third-order valence-electron chi connectivity index (χ3n) is 3.42. The second-order valence-corrected chi connectivity index (χ2v) is 7.56. The third-order valence-corrected chi connectivity index (χ3v) is 6.17. The molecule has 4 heteroatoms. The van der Waals surface area contributed by atoms with Gasteiger partial charge < -0.3 is 4.90 Å². The summed E-state index contributed by atoms with van der Waals surface area (Å²) < 4.78 is 1.49. The zero-order chi connectivity index (χ0) is 15.5. The molecule has 0 fully saturated rings. The minimum atomic E-state index is 0.241. The molecule has 0 spiro atoms. The van der Waals surface area contributed by atoms with Crippen molar-refractivity contribution in [1.29, 1.82) is 0 Å². The van der Waals surface area contributed by atoms with E-state index in [0.717, 1.165) is 10.5 Å². The summed E-state index contributed by atoms with van der Waals surface area (Å²) in [7, 11) is 4.18. The molecule has 0 aliphatic carbocycles. The van der Waals surface area contributed by atoms with Gasteiger partial charge in [0.25, 0.3) is 0 Å². The first kappa shape index (κ1) is 15.5. The summed E-state index contributed by atoms with van der Waals surface area (Å²) in [6.07, 6.45) is 2.24. The lowest BCUT2D eigenvalue weighted by molar-refractivity contribution is 0.504. The van der Waals surface area contributed by atoms with Gasteiger partial charge >= 0.3 is 0 Å². The van der Waals surface area contributed by atoms with E-state index in [1.54, 1.807) is 11.3 Å². The second-order valence-electron chi connectivity index (χ2n) is 5.26. The van der Waals surface area contributed by atoms with Gasteiger partial charge in [-0.2, -0.15) is 0 Å². The van der Waals surface area contributed by atoms with Crippen LogP contribution in [0.2, 0.25) is 0 Å². The molecular formula is C18H17IN2S. The normalized spacial score (nSPS) is 13.3. The molecule has 3 aromatic rings. The van der Waals surface area contributed by atoms with E-state index in [1.165, 1.54) is 16.0 Å². The van der Waals surface area contributed by atoms with Crippen molar-refractivity contribution in [3.8, 4) is 0 Å². The van der Waals surface area contributed by atoms with E-state index in [0.29, 0.717) is 0 Å². The Labute approximate surface area is 148 Å². The smallest absolute Gasteiger partial charge is 0.113 e. The van der Waals surface area contributed by atoms with Crippen LogP contribution in [0, 0.1) is 0 Å². The maximum atomic E-state index is 4.80. The van der Waals surface area contributed by atoms with E-state index < -0.39 is 0 Å². The number of alkyl halides is 1. The number of halogens is 1. The number of allylic oxidation sites excluding steroid dienone is 1. The van der Waals surface area contributed by atoms with Crippen molar-refractivity contribution in [1.82, 2.24) is 9.88 Å². The van der Waals surface area contributed by atoms with Crippen molar-refractivity contribution in [2.24, 2.45) is 0 Å². The molecule has 0 radical (unpaired) electrons. The van der Waals surface area contributed by atoms with E-state index in [4.69, 9.17) is 4.98 Å². The molecule has 0 N–H and O–H groups in total. The predicted octanol–water partition coefficient (Wildman–Crippen LogP) is 5.38. The standard InChI is InChI=1S/C18H17IN2S/c1-21(2)15(12-13-8-4-3-5-9-13)17(19)18-20-14-10-6-7-11-16(14)22-18/h3-12,17H,1-2H3. The zero-order valence-electron chi connectivity index (χ0n) is 12.5. The lowest BCUT2D eigenvalue weighted by Crippen LogP contribution is -2.14. The first-order valence-corrected chi connectivity index (χ1v) is 9.15. The van der Waals surface area contributed by atoms with Gasteiger partial charge in [0.05, 0.1) is 10.2 Å². The number of hydrogen-bond acceptors (Lipinski definition) is 3. The van der Waals surface area contributed by atoms with Gasteiger partial charge in [0.15, 0.2) is 0 Å². The Balaban J connectivity index is 1.99. The number of likely N-dealkylation sites (N-methyl/N-ethyl adjacent to an activating group) is 1. The van der Waals surface area contributed by atoms with Gasteiger partial charge in [-0.3, -0.25) is 0 Å². The number of hydrogen-bond donors (Lipinski definition) is 0. The Hall–Kier alpha value is -1.40. The molecule has 112 valence electrons. The molecule has 1 aromatic heterocycles. The number of fused-ring (bicyclic) bond motifs is 1. The minimum absolute atomic E-state index is 0.241. The van der Waals surface area contributed by atoms with Gasteiger partial charge in [-0.25, -0.2) is 4.98 Å². The van der Waals surface area contributed by atoms with Crippen LogP contribution in [0.15, 0.2) is 60.3 Å². The molecule has 2 nitrogen and oxygen atoms in total. The van der Waals surface area contributed by atoms with Crippen LogP contribution in [-0.2, 0) is 0 Å². The van der Waals surface area contributed by atoms with Crippen molar-refractivity contribution in [3.63, 3.8) is 0 Å². The summed E-state index contributed by atoms with van der Waals surface area (Å²) in [4.78, 5) is 6.98. The quantitative estimate of drug-likeness (QED) is 0.417. The Morgan fingerprint density at radius 1 is 1.09 bits per heavy atom. The van der Waals surface area contributed by atoms with Crippen LogP contribution in [0.4, 0.5) is 0 Å². The molecule has 0 saturated carbocycles. The molecule has 22 heavy (non-hydrogen) atoms. The highest BCUT2D eigenvalue weighted by molar-refractivity contribution is 14.1. The van der Waals surface area contributed by atoms with Gasteiger partial charge in [0.1, 0.15) is 8.93 Å². The lowest BCUT2D eigenvalue weighted by Gasteiger charge is -2.21. The van der Waals surface area contributed by atoms with Crippen LogP contribution in [0.25, 0.3) is 16.3 Å². The maximum absolute atomic E-state index is 4.80. The van der Waals surface area contributed by atoms with E-state index in [-0.39, 0.29) is 3.92 Å². The number of para-hydroxylation sites is 1. The molecule has 2 aromatic carbocycles. The minimum Gasteiger partial charge on any atom is -0.380 e. The van der Waals surface area contributed by atoms with Gasteiger partial charge in [0, 0.05) is 19.8 Å². The molecule has 0 saturated heterocycles. The molecule has 1 heterocycles. The highest BCUT2D eigenvalue weighted by atomic mass is 127. The fraction of sp³-hybridized carbons (Fsp3) is 0.167. The van der Waals surface area contributed by atoms with Crippen molar-refractivity contribution >= 4 is 50.2 Å². The first-order chi connectivity index (χ1) is 10.6. The molecule has 3 rings (SSSR count). The average molecular weight is 420 g/mol. The fourth-order valence-electron chi connectivity index (χ4n) is 2.27. The highest BCUT2D eigenvalue weighted by Gasteiger charge is 2.19. The van der Waals surface area contributed by atoms with Crippen LogP contribution in [-0.4, -0.2) is 24.0 Å². The number of benzene rings is 2. The summed E-state index contributed by atoms with van der Waals surface area (Å²) in [5, 5.41) is 1.15. The third kappa shape index (κ3) is 3.33. The summed E-state index contributed by atoms with van der Waals surface area (Å²) in [5.74, 6) is 0. The summed E-state index contributed by atoms with van der Waals surface area (Å²) in [5.41, 5.74) is 3.56. The van der Waals surface area contributed by atoms with E-state index >= 15 is 0 Å². The zero-order valence-corrected chi connectivity index (χ0v) is 15.5. The van der Waals surface area contributed by atoms with E-state index in [2.05, 4.69) is 90.1 Å². The van der Waals surface area contributed by atoms with Crippen molar-refractivity contribution in [2.45, 2.75) is 3.92 Å². The average Bonchev–Trinajstić information content (AvgIpc) is 2.97. The largest absolute Gasteiger partial charge is 0.380 e. The van der Waals surface area contributed by atoms with Crippen LogP contribution < -0.4 is 0 Å². The van der Waals surface area contributed by atoms with E-state index in [1.807, 2.05) is 12.1 Å². The van der Waals surface area contributed by atoms with Gasteiger partial charge in [-0.1, -0.05) is 65.1 Å².